The van der Waals surface area contributed by atoms with E-state index in [2.05, 4.69) is 4.98 Å². The molecular weight excluding hydrogens is 229 g/mol. The first kappa shape index (κ1) is 13.1. The Morgan fingerprint density at radius 1 is 1.59 bits per heavy atom. The smallest absolute Gasteiger partial charge is 0.413 e. The number of nitrogens with one attached hydrogen (secondary N) is 1. The van der Waals surface area contributed by atoms with Crippen LogP contribution in [-0.2, 0) is 0 Å². The molecule has 0 aromatic carbocycles. The van der Waals surface area contributed by atoms with E-state index in [-0.39, 0.29) is 6.54 Å². The predicted octanol–water partition coefficient (Wildman–Crippen LogP) is 1.58. The Labute approximate surface area is 97.1 Å². The maximum Gasteiger partial charge on any atom is 0.413 e. The molecule has 0 aliphatic rings. The molecule has 0 spiro atoms. The van der Waals surface area contributed by atoms with E-state index >= 15 is 0 Å². The Bertz CT molecular complexity index is 447. The molecular formula is C10H14FN3O3. The Morgan fingerprint density at radius 3 is 2.88 bits per heavy atom. The van der Waals surface area contributed by atoms with Crippen LogP contribution in [0, 0.1) is 5.82 Å². The van der Waals surface area contributed by atoms with Gasteiger partial charge in [0.25, 0.3) is 0 Å². The van der Waals surface area contributed by atoms with Gasteiger partial charge in [0.2, 0.25) is 0 Å². The number of rotatable bonds is 5. The minimum atomic E-state index is -1.32. The number of H-pyrrole nitrogens is 1. The van der Waals surface area contributed by atoms with Crippen LogP contribution in [0.5, 0.6) is 0 Å². The van der Waals surface area contributed by atoms with E-state index in [1.807, 2.05) is 11.9 Å². The fraction of sp³-hybridized carbons (Fsp3) is 0.500. The van der Waals surface area contributed by atoms with Crippen LogP contribution in [0.25, 0.3) is 0 Å². The average Bonchev–Trinajstić information content (AvgIpc) is 2.28. The molecule has 0 fully saturated rings. The predicted molar refractivity (Wildman–Crippen MR) is 59.7 cm³/mol. The lowest BCUT2D eigenvalue weighted by atomic mass is 10.2. The molecule has 1 amide bonds. The number of halogens is 1. The fourth-order valence-corrected chi connectivity index (χ4v) is 1.37. The van der Waals surface area contributed by atoms with Crippen molar-refractivity contribution in [1.29, 1.82) is 0 Å². The molecule has 0 aliphatic carbocycles. The highest BCUT2D eigenvalue weighted by Crippen LogP contribution is 2.14. The van der Waals surface area contributed by atoms with Crippen LogP contribution in [0.2, 0.25) is 0 Å². The third-order valence-electron chi connectivity index (χ3n) is 2.22. The van der Waals surface area contributed by atoms with Gasteiger partial charge in [-0.25, -0.2) is 14.0 Å². The van der Waals surface area contributed by atoms with Crippen molar-refractivity contribution in [1.82, 2.24) is 9.97 Å². The van der Waals surface area contributed by atoms with Crippen molar-refractivity contribution in [2.75, 3.05) is 11.4 Å². The van der Waals surface area contributed by atoms with Gasteiger partial charge in [-0.15, -0.1) is 0 Å². The van der Waals surface area contributed by atoms with Gasteiger partial charge in [0.05, 0.1) is 0 Å². The highest BCUT2D eigenvalue weighted by molar-refractivity contribution is 5.84. The Balaban J connectivity index is 2.93. The van der Waals surface area contributed by atoms with Crippen LogP contribution in [0.3, 0.4) is 0 Å². The molecule has 0 saturated heterocycles. The molecule has 7 heteroatoms. The summed E-state index contributed by atoms with van der Waals surface area (Å²) in [5.41, 5.74) is -0.775. The normalized spacial score (nSPS) is 10.2. The summed E-state index contributed by atoms with van der Waals surface area (Å²) >= 11 is 0. The van der Waals surface area contributed by atoms with E-state index in [0.29, 0.717) is 6.42 Å². The zero-order valence-corrected chi connectivity index (χ0v) is 9.44. The van der Waals surface area contributed by atoms with Crippen LogP contribution in [0.1, 0.15) is 26.2 Å². The first-order chi connectivity index (χ1) is 8.06. The summed E-state index contributed by atoms with van der Waals surface area (Å²) in [6, 6.07) is 0. The molecule has 1 rings (SSSR count). The van der Waals surface area contributed by atoms with E-state index in [4.69, 9.17) is 5.11 Å². The van der Waals surface area contributed by atoms with Crippen LogP contribution in [-0.4, -0.2) is 27.7 Å². The molecule has 0 aliphatic heterocycles. The summed E-state index contributed by atoms with van der Waals surface area (Å²) in [5.74, 6) is -1.30. The molecule has 6 nitrogen and oxygen atoms in total. The molecule has 1 heterocycles. The number of unbranched alkanes of at least 4 members (excludes halogenated alkanes) is 2. The standard InChI is InChI=1S/C10H14FN3O3/c1-2-3-4-5-14(10(16)17)8-7(11)6-12-9(15)13-8/h6H,2-5H2,1H3,(H,16,17)(H,12,13,15). The lowest BCUT2D eigenvalue weighted by Crippen LogP contribution is -2.33. The second-order valence-corrected chi connectivity index (χ2v) is 3.52. The van der Waals surface area contributed by atoms with E-state index < -0.39 is 23.4 Å². The Morgan fingerprint density at radius 2 is 2.29 bits per heavy atom. The summed E-state index contributed by atoms with van der Waals surface area (Å²) in [5, 5.41) is 8.95. The SMILES string of the molecule is CCCCCN(C(=O)O)c1nc(=O)[nH]cc1F. The van der Waals surface area contributed by atoms with Gasteiger partial charge in [-0.05, 0) is 6.42 Å². The van der Waals surface area contributed by atoms with Crippen molar-refractivity contribution in [3.05, 3.63) is 22.5 Å². The van der Waals surface area contributed by atoms with Gasteiger partial charge < -0.3 is 10.1 Å². The minimum absolute atomic E-state index is 0.122. The molecule has 0 radical (unpaired) electrons. The van der Waals surface area contributed by atoms with E-state index in [1.165, 1.54) is 0 Å². The van der Waals surface area contributed by atoms with Gasteiger partial charge in [0.1, 0.15) is 0 Å². The van der Waals surface area contributed by atoms with E-state index in [0.717, 1.165) is 23.9 Å². The van der Waals surface area contributed by atoms with Crippen molar-refractivity contribution in [2.45, 2.75) is 26.2 Å². The number of anilines is 1. The Kier molecular flexibility index (Phi) is 4.62. The molecule has 1 aromatic heterocycles. The number of carbonyl (C=O) groups is 1. The molecule has 94 valence electrons. The highest BCUT2D eigenvalue weighted by atomic mass is 19.1. The van der Waals surface area contributed by atoms with Crippen molar-refractivity contribution >= 4 is 11.9 Å². The third kappa shape index (κ3) is 3.54. The number of hydrogen-bond donors (Lipinski definition) is 2. The Hall–Kier alpha value is -1.92. The zero-order valence-electron chi connectivity index (χ0n) is 9.44. The summed E-state index contributed by atoms with van der Waals surface area (Å²) < 4.78 is 13.4. The maximum atomic E-state index is 13.4. The van der Waals surface area contributed by atoms with Crippen LogP contribution < -0.4 is 10.6 Å². The lowest BCUT2D eigenvalue weighted by molar-refractivity contribution is 0.201. The maximum absolute atomic E-state index is 13.4. The number of nitrogens with zero attached hydrogens (tertiary/aromatic N) is 2. The van der Waals surface area contributed by atoms with Crippen molar-refractivity contribution in [3.8, 4) is 0 Å². The second kappa shape index (κ2) is 5.97. The second-order valence-electron chi connectivity index (χ2n) is 3.52. The number of carboxylic acid groups (broad SMARTS) is 1. The number of amides is 1. The van der Waals surface area contributed by atoms with Gasteiger partial charge >= 0.3 is 11.8 Å². The topological polar surface area (TPSA) is 86.3 Å². The van der Waals surface area contributed by atoms with Gasteiger partial charge in [0, 0.05) is 12.7 Å². The van der Waals surface area contributed by atoms with Crippen molar-refractivity contribution < 1.29 is 14.3 Å². The average molecular weight is 243 g/mol. The first-order valence-corrected chi connectivity index (χ1v) is 5.32. The van der Waals surface area contributed by atoms with Gasteiger partial charge in [-0.1, -0.05) is 19.8 Å². The molecule has 0 bridgehead atoms. The van der Waals surface area contributed by atoms with Crippen molar-refractivity contribution in [3.63, 3.8) is 0 Å². The monoisotopic (exact) mass is 243 g/mol. The molecule has 2 N–H and O–H groups in total. The highest BCUT2D eigenvalue weighted by Gasteiger charge is 2.19. The number of aromatic amines is 1. The summed E-state index contributed by atoms with van der Waals surface area (Å²) in [4.78, 5) is 28.0. The van der Waals surface area contributed by atoms with Crippen LogP contribution in [0.4, 0.5) is 15.0 Å². The quantitative estimate of drug-likeness (QED) is 0.769. The lowest BCUT2D eigenvalue weighted by Gasteiger charge is -2.17. The van der Waals surface area contributed by atoms with E-state index in [9.17, 15) is 14.0 Å². The van der Waals surface area contributed by atoms with Gasteiger partial charge in [-0.3, -0.25) is 4.90 Å². The summed E-state index contributed by atoms with van der Waals surface area (Å²) in [7, 11) is 0. The minimum Gasteiger partial charge on any atom is -0.465 e. The molecule has 0 unspecified atom stereocenters. The van der Waals surface area contributed by atoms with Gasteiger partial charge in [-0.2, -0.15) is 4.98 Å². The molecule has 17 heavy (non-hydrogen) atoms. The fourth-order valence-electron chi connectivity index (χ4n) is 1.37. The van der Waals surface area contributed by atoms with Gasteiger partial charge in [0.15, 0.2) is 11.6 Å². The molecule has 1 aromatic rings. The number of hydrogen-bond acceptors (Lipinski definition) is 3. The zero-order chi connectivity index (χ0) is 12.8. The van der Waals surface area contributed by atoms with E-state index in [1.54, 1.807) is 0 Å². The summed E-state index contributed by atoms with van der Waals surface area (Å²) in [6.45, 7) is 2.09. The molecule has 0 saturated carbocycles. The third-order valence-corrected chi connectivity index (χ3v) is 2.22. The van der Waals surface area contributed by atoms with Crippen LogP contribution >= 0.6 is 0 Å². The first-order valence-electron chi connectivity index (χ1n) is 5.32. The van der Waals surface area contributed by atoms with Crippen LogP contribution in [0.15, 0.2) is 11.0 Å². The molecule has 0 atom stereocenters. The summed E-state index contributed by atoms with van der Waals surface area (Å²) in [6.07, 6.45) is 1.82. The number of aromatic nitrogens is 2. The van der Waals surface area contributed by atoms with Crippen molar-refractivity contribution in [2.24, 2.45) is 0 Å². The largest absolute Gasteiger partial charge is 0.465 e.